The Balaban J connectivity index is 2.49. The van der Waals surface area contributed by atoms with Crippen LogP contribution in [0.5, 0.6) is 0 Å². The molecular formula is C13H18FNO2. The molecule has 0 saturated carbocycles. The summed E-state index contributed by atoms with van der Waals surface area (Å²) in [7, 11) is 1.80. The molecule has 0 bridgehead atoms. The van der Waals surface area contributed by atoms with Crippen LogP contribution in [0.2, 0.25) is 0 Å². The summed E-state index contributed by atoms with van der Waals surface area (Å²) in [4.78, 5) is 12.7. The van der Waals surface area contributed by atoms with Crippen LogP contribution in [0.1, 0.15) is 18.9 Å². The molecule has 0 aliphatic heterocycles. The number of aliphatic carboxylic acids is 1. The van der Waals surface area contributed by atoms with Crippen LogP contribution in [0.3, 0.4) is 0 Å². The highest BCUT2D eigenvalue weighted by atomic mass is 19.1. The van der Waals surface area contributed by atoms with Gasteiger partial charge in [-0.05, 0) is 37.6 Å². The lowest BCUT2D eigenvalue weighted by atomic mass is 10.1. The van der Waals surface area contributed by atoms with Gasteiger partial charge in [0, 0.05) is 6.54 Å². The largest absolute Gasteiger partial charge is 0.480 e. The van der Waals surface area contributed by atoms with E-state index in [9.17, 15) is 9.18 Å². The molecule has 4 heteroatoms. The quantitative estimate of drug-likeness (QED) is 0.827. The summed E-state index contributed by atoms with van der Waals surface area (Å²) in [6.45, 7) is 2.50. The van der Waals surface area contributed by atoms with Gasteiger partial charge in [0.25, 0.3) is 0 Å². The van der Waals surface area contributed by atoms with Gasteiger partial charge in [-0.1, -0.05) is 19.1 Å². The minimum absolute atomic E-state index is 0.251. The second-order valence-corrected chi connectivity index (χ2v) is 4.12. The Morgan fingerprint density at radius 3 is 2.47 bits per heavy atom. The molecule has 0 aliphatic rings. The fourth-order valence-corrected chi connectivity index (χ4v) is 1.79. The molecule has 0 radical (unpaired) electrons. The molecule has 0 aliphatic carbocycles. The molecule has 17 heavy (non-hydrogen) atoms. The maximum atomic E-state index is 12.7. The van der Waals surface area contributed by atoms with Gasteiger partial charge in [-0.15, -0.1) is 0 Å². The molecule has 0 amide bonds. The van der Waals surface area contributed by atoms with Gasteiger partial charge in [-0.2, -0.15) is 0 Å². The van der Waals surface area contributed by atoms with Crippen molar-refractivity contribution < 1.29 is 14.3 Å². The van der Waals surface area contributed by atoms with E-state index in [1.54, 1.807) is 19.2 Å². The van der Waals surface area contributed by atoms with Gasteiger partial charge in [-0.25, -0.2) is 4.39 Å². The summed E-state index contributed by atoms with van der Waals surface area (Å²) in [6.07, 6.45) is 1.30. The van der Waals surface area contributed by atoms with E-state index in [0.717, 1.165) is 12.0 Å². The third-order valence-electron chi connectivity index (χ3n) is 2.87. The molecule has 1 N–H and O–H groups in total. The van der Waals surface area contributed by atoms with Crippen LogP contribution in [0.4, 0.5) is 4.39 Å². The molecule has 1 rings (SSSR count). The Morgan fingerprint density at radius 2 is 2.00 bits per heavy atom. The molecule has 0 aromatic heterocycles. The number of hydrogen-bond donors (Lipinski definition) is 1. The number of benzene rings is 1. The first-order valence-corrected chi connectivity index (χ1v) is 5.72. The van der Waals surface area contributed by atoms with E-state index < -0.39 is 12.0 Å². The molecule has 0 unspecified atom stereocenters. The highest BCUT2D eigenvalue weighted by Gasteiger charge is 2.19. The average Bonchev–Trinajstić information content (AvgIpc) is 2.28. The van der Waals surface area contributed by atoms with Crippen molar-refractivity contribution in [1.29, 1.82) is 0 Å². The van der Waals surface area contributed by atoms with Crippen LogP contribution in [-0.2, 0) is 11.2 Å². The molecule has 0 saturated heterocycles. The Labute approximate surface area is 101 Å². The fourth-order valence-electron chi connectivity index (χ4n) is 1.79. The van der Waals surface area contributed by atoms with E-state index in [1.807, 2.05) is 11.8 Å². The topological polar surface area (TPSA) is 40.5 Å². The normalized spacial score (nSPS) is 12.7. The molecule has 1 aromatic rings. The molecule has 0 heterocycles. The van der Waals surface area contributed by atoms with Crippen LogP contribution >= 0.6 is 0 Å². The van der Waals surface area contributed by atoms with E-state index in [4.69, 9.17) is 5.11 Å². The molecular weight excluding hydrogens is 221 g/mol. The zero-order chi connectivity index (χ0) is 12.8. The van der Waals surface area contributed by atoms with Crippen molar-refractivity contribution in [2.75, 3.05) is 13.6 Å². The van der Waals surface area contributed by atoms with Gasteiger partial charge >= 0.3 is 5.97 Å². The zero-order valence-corrected chi connectivity index (χ0v) is 10.2. The van der Waals surface area contributed by atoms with Gasteiger partial charge in [0.15, 0.2) is 0 Å². The lowest BCUT2D eigenvalue weighted by Gasteiger charge is -2.23. The van der Waals surface area contributed by atoms with Gasteiger partial charge in [0.05, 0.1) is 0 Å². The SMILES string of the molecule is CC[C@@H](C(=O)O)N(C)CCc1ccc(F)cc1. The summed E-state index contributed by atoms with van der Waals surface area (Å²) >= 11 is 0. The maximum Gasteiger partial charge on any atom is 0.320 e. The highest BCUT2D eigenvalue weighted by Crippen LogP contribution is 2.07. The predicted molar refractivity (Wildman–Crippen MR) is 64.4 cm³/mol. The second-order valence-electron chi connectivity index (χ2n) is 4.12. The lowest BCUT2D eigenvalue weighted by molar-refractivity contribution is -0.142. The number of nitrogens with zero attached hydrogens (tertiary/aromatic N) is 1. The standard InChI is InChI=1S/C13H18FNO2/c1-3-12(13(16)17)15(2)9-8-10-4-6-11(14)7-5-10/h4-7,12H,3,8-9H2,1-2H3,(H,16,17)/t12-/m0/s1. The smallest absolute Gasteiger partial charge is 0.320 e. The zero-order valence-electron chi connectivity index (χ0n) is 10.2. The number of carboxylic acid groups (broad SMARTS) is 1. The summed E-state index contributed by atoms with van der Waals surface area (Å²) in [6, 6.07) is 5.85. The molecule has 3 nitrogen and oxygen atoms in total. The third-order valence-corrected chi connectivity index (χ3v) is 2.87. The summed E-state index contributed by atoms with van der Waals surface area (Å²) < 4.78 is 12.7. The van der Waals surface area contributed by atoms with E-state index >= 15 is 0 Å². The van der Waals surface area contributed by atoms with E-state index in [-0.39, 0.29) is 5.82 Å². The second kappa shape index (κ2) is 6.35. The number of halogens is 1. The predicted octanol–water partition coefficient (Wildman–Crippen LogP) is 2.16. The third kappa shape index (κ3) is 4.15. The van der Waals surface area contributed by atoms with Crippen LogP contribution in [0.15, 0.2) is 24.3 Å². The Bertz CT molecular complexity index is 364. The number of carbonyl (C=O) groups is 1. The lowest BCUT2D eigenvalue weighted by Crippen LogP contribution is -2.39. The first-order valence-electron chi connectivity index (χ1n) is 5.72. The van der Waals surface area contributed by atoms with Gasteiger partial charge in [0.1, 0.15) is 11.9 Å². The summed E-state index contributed by atoms with van der Waals surface area (Å²) in [5.74, 6) is -1.05. The van der Waals surface area contributed by atoms with E-state index in [0.29, 0.717) is 13.0 Å². The monoisotopic (exact) mass is 239 g/mol. The molecule has 1 atom stereocenters. The van der Waals surface area contributed by atoms with Crippen molar-refractivity contribution in [3.05, 3.63) is 35.6 Å². The minimum atomic E-state index is -0.797. The van der Waals surface area contributed by atoms with Crippen molar-refractivity contribution in [1.82, 2.24) is 4.90 Å². The van der Waals surface area contributed by atoms with Crippen molar-refractivity contribution in [2.45, 2.75) is 25.8 Å². The number of rotatable bonds is 6. The van der Waals surface area contributed by atoms with Crippen LogP contribution in [-0.4, -0.2) is 35.6 Å². The Hall–Kier alpha value is -1.42. The minimum Gasteiger partial charge on any atom is -0.480 e. The maximum absolute atomic E-state index is 12.7. The van der Waals surface area contributed by atoms with Crippen molar-refractivity contribution in [3.63, 3.8) is 0 Å². The van der Waals surface area contributed by atoms with Crippen molar-refractivity contribution in [3.8, 4) is 0 Å². The Kier molecular flexibility index (Phi) is 5.10. The van der Waals surface area contributed by atoms with Crippen LogP contribution in [0.25, 0.3) is 0 Å². The number of likely N-dealkylation sites (N-methyl/N-ethyl adjacent to an activating group) is 1. The molecule has 94 valence electrons. The van der Waals surface area contributed by atoms with Crippen molar-refractivity contribution in [2.24, 2.45) is 0 Å². The fraction of sp³-hybridized carbons (Fsp3) is 0.462. The number of hydrogen-bond acceptors (Lipinski definition) is 2. The summed E-state index contributed by atoms with van der Waals surface area (Å²) in [5.41, 5.74) is 1.01. The van der Waals surface area contributed by atoms with Crippen molar-refractivity contribution >= 4 is 5.97 Å². The van der Waals surface area contributed by atoms with Gasteiger partial charge in [0.2, 0.25) is 0 Å². The number of carboxylic acids is 1. The van der Waals surface area contributed by atoms with E-state index in [2.05, 4.69) is 0 Å². The molecule has 1 aromatic carbocycles. The van der Waals surface area contributed by atoms with Gasteiger partial charge in [-0.3, -0.25) is 9.69 Å². The summed E-state index contributed by atoms with van der Waals surface area (Å²) in [5, 5.41) is 8.99. The average molecular weight is 239 g/mol. The molecule has 0 fully saturated rings. The molecule has 0 spiro atoms. The Morgan fingerprint density at radius 1 is 1.41 bits per heavy atom. The van der Waals surface area contributed by atoms with Gasteiger partial charge < -0.3 is 5.11 Å². The highest BCUT2D eigenvalue weighted by molar-refractivity contribution is 5.73. The van der Waals surface area contributed by atoms with E-state index in [1.165, 1.54) is 12.1 Å². The van der Waals surface area contributed by atoms with Crippen LogP contribution in [0, 0.1) is 5.82 Å². The first kappa shape index (κ1) is 13.6. The van der Waals surface area contributed by atoms with Crippen LogP contribution < -0.4 is 0 Å². The first-order chi connectivity index (χ1) is 8.04.